The molecule has 0 radical (unpaired) electrons. The van der Waals surface area contributed by atoms with Crippen LogP contribution in [0.2, 0.25) is 0 Å². The summed E-state index contributed by atoms with van der Waals surface area (Å²) in [5, 5.41) is 7.79. The lowest BCUT2D eigenvalue weighted by atomic mass is 10.2. The number of hydrogen-bond donors (Lipinski definition) is 0. The van der Waals surface area contributed by atoms with Crippen molar-refractivity contribution in [2.75, 3.05) is 11.4 Å². The molecule has 1 aromatic carbocycles. The van der Waals surface area contributed by atoms with Crippen molar-refractivity contribution in [1.82, 2.24) is 10.2 Å². The Balaban J connectivity index is 2.54. The van der Waals surface area contributed by atoms with Crippen molar-refractivity contribution >= 4 is 42.4 Å². The average molecular weight is 362 g/mol. The molecule has 0 aliphatic carbocycles. The van der Waals surface area contributed by atoms with E-state index in [1.807, 2.05) is 6.92 Å². The third kappa shape index (κ3) is 2.65. The van der Waals surface area contributed by atoms with Gasteiger partial charge in [0.05, 0.1) is 4.90 Å². The molecule has 19 heavy (non-hydrogen) atoms. The second-order valence-electron chi connectivity index (χ2n) is 4.06. The van der Waals surface area contributed by atoms with Crippen molar-refractivity contribution in [3.63, 3.8) is 0 Å². The van der Waals surface area contributed by atoms with Gasteiger partial charge >= 0.3 is 0 Å². The number of benzene rings is 1. The van der Waals surface area contributed by atoms with Crippen LogP contribution in [-0.4, -0.2) is 25.7 Å². The lowest BCUT2D eigenvalue weighted by molar-refractivity contribution is 0.593. The first-order valence-electron chi connectivity index (χ1n) is 5.36. The van der Waals surface area contributed by atoms with Crippen molar-refractivity contribution in [1.29, 1.82) is 0 Å². The topological polar surface area (TPSA) is 63.2 Å². The Morgan fingerprint density at radius 3 is 2.53 bits per heavy atom. The molecular formula is C11H12BrN3O2S2. The molecule has 0 unspecified atom stereocenters. The van der Waals surface area contributed by atoms with Gasteiger partial charge in [-0.3, -0.25) is 0 Å². The lowest BCUT2D eigenvalue weighted by Crippen LogP contribution is -2.27. The molecule has 0 spiro atoms. The monoisotopic (exact) mass is 361 g/mol. The summed E-state index contributed by atoms with van der Waals surface area (Å²) in [5.41, 5.74) is 3.06. The van der Waals surface area contributed by atoms with E-state index in [4.69, 9.17) is 0 Å². The molecule has 0 bridgehead atoms. The normalized spacial score (nSPS) is 11.6. The average Bonchev–Trinajstić information content (AvgIpc) is 2.86. The third-order valence-corrected chi connectivity index (χ3v) is 6.34. The van der Waals surface area contributed by atoms with Crippen LogP contribution < -0.4 is 4.31 Å². The maximum atomic E-state index is 12.6. The molecule has 1 heterocycles. The number of hydrogen-bond acceptors (Lipinski definition) is 5. The van der Waals surface area contributed by atoms with Crippen LogP contribution in [0.25, 0.3) is 0 Å². The van der Waals surface area contributed by atoms with Crippen LogP contribution >= 0.6 is 27.3 Å². The quantitative estimate of drug-likeness (QED) is 0.842. The van der Waals surface area contributed by atoms with Gasteiger partial charge in [0, 0.05) is 11.5 Å². The predicted octanol–water partition coefficient (Wildman–Crippen LogP) is 2.74. The van der Waals surface area contributed by atoms with Crippen LogP contribution in [0.1, 0.15) is 11.1 Å². The highest BCUT2D eigenvalue weighted by atomic mass is 79.9. The first-order chi connectivity index (χ1) is 8.84. The number of rotatable bonds is 3. The molecule has 2 rings (SSSR count). The standard InChI is InChI=1S/C11H12BrN3O2S2/c1-7-5-10(8(2)4-9(7)12)19(16,17)15(3)11-14-13-6-18-11/h4-6H,1-3H3. The Hall–Kier alpha value is -0.990. The van der Waals surface area contributed by atoms with E-state index in [2.05, 4.69) is 26.1 Å². The fourth-order valence-electron chi connectivity index (χ4n) is 1.59. The molecule has 0 aliphatic rings. The van der Waals surface area contributed by atoms with E-state index in [1.54, 1.807) is 19.1 Å². The first kappa shape index (κ1) is 14.4. The summed E-state index contributed by atoms with van der Waals surface area (Å²) in [6.07, 6.45) is 0. The summed E-state index contributed by atoms with van der Waals surface area (Å²) in [6, 6.07) is 3.46. The summed E-state index contributed by atoms with van der Waals surface area (Å²) in [4.78, 5) is 0.283. The Labute approximate surface area is 124 Å². The van der Waals surface area contributed by atoms with Gasteiger partial charge in [0.1, 0.15) is 5.51 Å². The zero-order valence-electron chi connectivity index (χ0n) is 10.6. The minimum absolute atomic E-state index is 0.283. The molecule has 5 nitrogen and oxygen atoms in total. The van der Waals surface area contributed by atoms with E-state index in [9.17, 15) is 8.42 Å². The molecule has 0 aliphatic heterocycles. The van der Waals surface area contributed by atoms with Crippen molar-refractivity contribution in [2.24, 2.45) is 0 Å². The molecule has 0 amide bonds. The molecule has 0 saturated heterocycles. The lowest BCUT2D eigenvalue weighted by Gasteiger charge is -2.18. The molecule has 1 aromatic heterocycles. The Kier molecular flexibility index (Phi) is 3.93. The maximum absolute atomic E-state index is 12.6. The highest BCUT2D eigenvalue weighted by Crippen LogP contribution is 2.28. The first-order valence-corrected chi connectivity index (χ1v) is 8.47. The zero-order valence-corrected chi connectivity index (χ0v) is 13.8. The molecular weight excluding hydrogens is 350 g/mol. The van der Waals surface area contributed by atoms with E-state index >= 15 is 0 Å². The minimum atomic E-state index is -3.61. The van der Waals surface area contributed by atoms with E-state index in [-0.39, 0.29) is 4.90 Å². The van der Waals surface area contributed by atoms with Crippen molar-refractivity contribution in [3.05, 3.63) is 33.2 Å². The van der Waals surface area contributed by atoms with Crippen LogP contribution in [0.3, 0.4) is 0 Å². The second kappa shape index (κ2) is 5.18. The van der Waals surface area contributed by atoms with E-state index in [0.717, 1.165) is 14.3 Å². The third-order valence-electron chi connectivity index (χ3n) is 2.71. The van der Waals surface area contributed by atoms with Crippen LogP contribution in [0.5, 0.6) is 0 Å². The highest BCUT2D eigenvalue weighted by Gasteiger charge is 2.25. The van der Waals surface area contributed by atoms with E-state index in [0.29, 0.717) is 10.7 Å². The SMILES string of the molecule is Cc1cc(S(=O)(=O)N(C)c2nncs2)c(C)cc1Br. The van der Waals surface area contributed by atoms with E-state index in [1.165, 1.54) is 23.9 Å². The molecule has 0 saturated carbocycles. The van der Waals surface area contributed by atoms with Gasteiger partial charge in [-0.2, -0.15) is 0 Å². The number of aryl methyl sites for hydroxylation is 2. The molecule has 102 valence electrons. The van der Waals surface area contributed by atoms with Crippen LogP contribution in [0, 0.1) is 13.8 Å². The van der Waals surface area contributed by atoms with Gasteiger partial charge in [0.25, 0.3) is 10.0 Å². The molecule has 0 fully saturated rings. The van der Waals surface area contributed by atoms with Crippen molar-refractivity contribution in [2.45, 2.75) is 18.7 Å². The van der Waals surface area contributed by atoms with Crippen molar-refractivity contribution < 1.29 is 8.42 Å². The Bertz CT molecular complexity index is 699. The molecule has 8 heteroatoms. The molecule has 0 atom stereocenters. The van der Waals surface area contributed by atoms with Crippen molar-refractivity contribution in [3.8, 4) is 0 Å². The van der Waals surface area contributed by atoms with Gasteiger partial charge in [-0.15, -0.1) is 10.2 Å². The molecule has 0 N–H and O–H groups in total. The smallest absolute Gasteiger partial charge is 0.243 e. The summed E-state index contributed by atoms with van der Waals surface area (Å²) < 4.78 is 27.2. The summed E-state index contributed by atoms with van der Waals surface area (Å²) >= 11 is 4.58. The summed E-state index contributed by atoms with van der Waals surface area (Å²) in [7, 11) is -2.13. The van der Waals surface area contributed by atoms with Crippen LogP contribution in [-0.2, 0) is 10.0 Å². The zero-order chi connectivity index (χ0) is 14.2. The van der Waals surface area contributed by atoms with Gasteiger partial charge in [-0.1, -0.05) is 27.3 Å². The molecule has 2 aromatic rings. The summed E-state index contributed by atoms with van der Waals surface area (Å²) in [5.74, 6) is 0. The minimum Gasteiger partial charge on any atom is -0.243 e. The van der Waals surface area contributed by atoms with Gasteiger partial charge in [-0.05, 0) is 37.1 Å². The number of anilines is 1. The number of sulfonamides is 1. The fourth-order valence-corrected chi connectivity index (χ4v) is 4.23. The number of halogens is 1. The fraction of sp³-hybridized carbons (Fsp3) is 0.273. The Morgan fingerprint density at radius 2 is 1.95 bits per heavy atom. The van der Waals surface area contributed by atoms with Gasteiger partial charge in [0.15, 0.2) is 0 Å². The van der Waals surface area contributed by atoms with Gasteiger partial charge in [-0.25, -0.2) is 12.7 Å². The Morgan fingerprint density at radius 1 is 1.26 bits per heavy atom. The number of aromatic nitrogens is 2. The summed E-state index contributed by atoms with van der Waals surface area (Å²) in [6.45, 7) is 3.62. The van der Waals surface area contributed by atoms with Gasteiger partial charge in [0.2, 0.25) is 5.13 Å². The second-order valence-corrected chi connectivity index (χ2v) is 7.66. The highest BCUT2D eigenvalue weighted by molar-refractivity contribution is 9.10. The predicted molar refractivity (Wildman–Crippen MR) is 79.1 cm³/mol. The maximum Gasteiger partial charge on any atom is 0.266 e. The van der Waals surface area contributed by atoms with Crippen LogP contribution in [0.4, 0.5) is 5.13 Å². The van der Waals surface area contributed by atoms with Gasteiger partial charge < -0.3 is 0 Å². The van der Waals surface area contributed by atoms with Crippen LogP contribution in [0.15, 0.2) is 27.0 Å². The largest absolute Gasteiger partial charge is 0.266 e. The van der Waals surface area contributed by atoms with E-state index < -0.39 is 10.0 Å². The number of nitrogens with zero attached hydrogens (tertiary/aromatic N) is 3.